The van der Waals surface area contributed by atoms with E-state index >= 15 is 0 Å². The molecule has 1 saturated carbocycles. The van der Waals surface area contributed by atoms with Crippen molar-refractivity contribution in [1.29, 1.82) is 0 Å². The van der Waals surface area contributed by atoms with Crippen LogP contribution in [0.2, 0.25) is 0 Å². The Balaban J connectivity index is 1.79. The molecule has 2 rings (SSSR count). The summed E-state index contributed by atoms with van der Waals surface area (Å²) in [7, 11) is 0. The highest BCUT2D eigenvalue weighted by atomic mass is 15.3. The molecule has 0 aromatic heterocycles. The third kappa shape index (κ3) is 2.92. The molecule has 1 aliphatic carbocycles. The summed E-state index contributed by atoms with van der Waals surface area (Å²) >= 11 is 0. The van der Waals surface area contributed by atoms with E-state index in [4.69, 9.17) is 5.73 Å². The van der Waals surface area contributed by atoms with Crippen LogP contribution in [0.15, 0.2) is 0 Å². The van der Waals surface area contributed by atoms with Crippen LogP contribution in [0.25, 0.3) is 0 Å². The second kappa shape index (κ2) is 5.28. The standard InChI is InChI=1S/C12H25N3/c1-2-14-6-8-15(9-7-14)12-5-3-4-11(13)10-12/h11-12H,2-10,13H2,1H3/t11-,12+/m0/s1. The summed E-state index contributed by atoms with van der Waals surface area (Å²) in [6.07, 6.45) is 5.18. The van der Waals surface area contributed by atoms with E-state index in [2.05, 4.69) is 16.7 Å². The van der Waals surface area contributed by atoms with Gasteiger partial charge in [0.15, 0.2) is 0 Å². The van der Waals surface area contributed by atoms with Crippen molar-refractivity contribution in [2.24, 2.45) is 5.73 Å². The van der Waals surface area contributed by atoms with Crippen molar-refractivity contribution in [1.82, 2.24) is 9.80 Å². The molecule has 2 aliphatic rings. The highest BCUT2D eigenvalue weighted by Crippen LogP contribution is 2.22. The molecule has 2 N–H and O–H groups in total. The van der Waals surface area contributed by atoms with Gasteiger partial charge in [-0.05, 0) is 25.8 Å². The van der Waals surface area contributed by atoms with E-state index in [9.17, 15) is 0 Å². The van der Waals surface area contributed by atoms with Crippen LogP contribution < -0.4 is 5.73 Å². The SMILES string of the molecule is CCN1CCN([C@@H]2CCC[C@H](N)C2)CC1. The minimum absolute atomic E-state index is 0.466. The minimum Gasteiger partial charge on any atom is -0.328 e. The van der Waals surface area contributed by atoms with E-state index in [1.807, 2.05) is 0 Å². The molecule has 3 heteroatoms. The van der Waals surface area contributed by atoms with Crippen LogP contribution in [0.3, 0.4) is 0 Å². The molecule has 0 amide bonds. The number of rotatable bonds is 2. The molecule has 88 valence electrons. The zero-order valence-corrected chi connectivity index (χ0v) is 9.99. The molecule has 1 aliphatic heterocycles. The first-order valence-corrected chi connectivity index (χ1v) is 6.51. The molecule has 2 fully saturated rings. The molecule has 0 bridgehead atoms. The maximum Gasteiger partial charge on any atom is 0.0113 e. The summed E-state index contributed by atoms with van der Waals surface area (Å²) < 4.78 is 0. The van der Waals surface area contributed by atoms with E-state index < -0.39 is 0 Å². The minimum atomic E-state index is 0.466. The summed E-state index contributed by atoms with van der Waals surface area (Å²) in [5, 5.41) is 0. The molecule has 3 nitrogen and oxygen atoms in total. The maximum absolute atomic E-state index is 6.05. The number of likely N-dealkylation sites (N-methyl/N-ethyl adjacent to an activating group) is 1. The third-order valence-corrected chi connectivity index (χ3v) is 4.06. The van der Waals surface area contributed by atoms with E-state index in [0.717, 1.165) is 6.04 Å². The second-order valence-corrected chi connectivity index (χ2v) is 5.05. The van der Waals surface area contributed by atoms with Crippen molar-refractivity contribution >= 4 is 0 Å². The molecule has 15 heavy (non-hydrogen) atoms. The smallest absolute Gasteiger partial charge is 0.0113 e. The lowest BCUT2D eigenvalue weighted by Crippen LogP contribution is -2.52. The first kappa shape index (κ1) is 11.4. The van der Waals surface area contributed by atoms with Crippen LogP contribution in [0, 0.1) is 0 Å². The van der Waals surface area contributed by atoms with Crippen LogP contribution in [0.4, 0.5) is 0 Å². The van der Waals surface area contributed by atoms with Gasteiger partial charge in [0.05, 0.1) is 0 Å². The van der Waals surface area contributed by atoms with Gasteiger partial charge in [-0.25, -0.2) is 0 Å². The van der Waals surface area contributed by atoms with Crippen LogP contribution in [-0.2, 0) is 0 Å². The quantitative estimate of drug-likeness (QED) is 0.736. The first-order valence-electron chi connectivity index (χ1n) is 6.51. The zero-order chi connectivity index (χ0) is 10.7. The van der Waals surface area contributed by atoms with Gasteiger partial charge in [-0.15, -0.1) is 0 Å². The van der Waals surface area contributed by atoms with Crippen LogP contribution >= 0.6 is 0 Å². The molecule has 0 unspecified atom stereocenters. The van der Waals surface area contributed by atoms with Gasteiger partial charge >= 0.3 is 0 Å². The van der Waals surface area contributed by atoms with E-state index in [1.165, 1.54) is 58.4 Å². The number of hydrogen-bond donors (Lipinski definition) is 1. The Morgan fingerprint density at radius 2 is 1.87 bits per heavy atom. The lowest BCUT2D eigenvalue weighted by atomic mass is 9.90. The molecule has 0 radical (unpaired) electrons. The Labute approximate surface area is 93.6 Å². The average Bonchev–Trinajstić information content (AvgIpc) is 2.29. The van der Waals surface area contributed by atoms with E-state index in [0.29, 0.717) is 6.04 Å². The van der Waals surface area contributed by atoms with Crippen molar-refractivity contribution in [3.05, 3.63) is 0 Å². The molecular formula is C12H25N3. The van der Waals surface area contributed by atoms with E-state index in [1.54, 1.807) is 0 Å². The molecule has 1 saturated heterocycles. The topological polar surface area (TPSA) is 32.5 Å². The number of nitrogens with two attached hydrogens (primary N) is 1. The number of hydrogen-bond acceptors (Lipinski definition) is 3. The van der Waals surface area contributed by atoms with Crippen molar-refractivity contribution < 1.29 is 0 Å². The van der Waals surface area contributed by atoms with Gasteiger partial charge in [-0.3, -0.25) is 4.90 Å². The van der Waals surface area contributed by atoms with Crippen LogP contribution in [0.5, 0.6) is 0 Å². The lowest BCUT2D eigenvalue weighted by molar-refractivity contribution is 0.0778. The van der Waals surface area contributed by atoms with Crippen LogP contribution in [-0.4, -0.2) is 54.6 Å². The van der Waals surface area contributed by atoms with Crippen molar-refractivity contribution in [2.45, 2.75) is 44.7 Å². The van der Waals surface area contributed by atoms with Crippen molar-refractivity contribution in [3.8, 4) is 0 Å². The highest BCUT2D eigenvalue weighted by molar-refractivity contribution is 4.84. The van der Waals surface area contributed by atoms with Gasteiger partial charge in [-0.1, -0.05) is 13.3 Å². The predicted octanol–water partition coefficient (Wildman–Crippen LogP) is 0.894. The lowest BCUT2D eigenvalue weighted by Gasteiger charge is -2.41. The Bertz CT molecular complexity index is 187. The van der Waals surface area contributed by atoms with Crippen molar-refractivity contribution in [2.75, 3.05) is 32.7 Å². The maximum atomic E-state index is 6.05. The third-order valence-electron chi connectivity index (χ3n) is 4.06. The normalized spacial score (nSPS) is 35.6. The monoisotopic (exact) mass is 211 g/mol. The Morgan fingerprint density at radius 1 is 1.13 bits per heavy atom. The summed E-state index contributed by atoms with van der Waals surface area (Å²) in [6.45, 7) is 8.48. The molecule has 0 spiro atoms. The Hall–Kier alpha value is -0.120. The van der Waals surface area contributed by atoms with Gasteiger partial charge in [0.2, 0.25) is 0 Å². The van der Waals surface area contributed by atoms with Crippen molar-refractivity contribution in [3.63, 3.8) is 0 Å². The largest absolute Gasteiger partial charge is 0.328 e. The summed E-state index contributed by atoms with van der Waals surface area (Å²) in [6, 6.07) is 1.25. The fourth-order valence-electron chi connectivity index (χ4n) is 2.98. The van der Waals surface area contributed by atoms with Gasteiger partial charge in [0.25, 0.3) is 0 Å². The van der Waals surface area contributed by atoms with Gasteiger partial charge in [-0.2, -0.15) is 0 Å². The zero-order valence-electron chi connectivity index (χ0n) is 9.99. The average molecular weight is 211 g/mol. The first-order chi connectivity index (χ1) is 7.29. The summed E-state index contributed by atoms with van der Waals surface area (Å²) in [4.78, 5) is 5.21. The van der Waals surface area contributed by atoms with Gasteiger partial charge in [0, 0.05) is 38.3 Å². The predicted molar refractivity (Wildman–Crippen MR) is 63.9 cm³/mol. The molecule has 2 atom stereocenters. The van der Waals surface area contributed by atoms with Crippen LogP contribution in [0.1, 0.15) is 32.6 Å². The Morgan fingerprint density at radius 3 is 2.47 bits per heavy atom. The number of piperazine rings is 1. The molecule has 0 aromatic rings. The highest BCUT2D eigenvalue weighted by Gasteiger charge is 2.27. The molecule has 1 heterocycles. The van der Waals surface area contributed by atoms with Gasteiger partial charge < -0.3 is 10.6 Å². The second-order valence-electron chi connectivity index (χ2n) is 5.05. The number of nitrogens with zero attached hydrogens (tertiary/aromatic N) is 2. The molecular weight excluding hydrogens is 186 g/mol. The van der Waals surface area contributed by atoms with Gasteiger partial charge in [0.1, 0.15) is 0 Å². The fourth-order valence-corrected chi connectivity index (χ4v) is 2.98. The summed E-state index contributed by atoms with van der Waals surface area (Å²) in [5.41, 5.74) is 6.05. The Kier molecular flexibility index (Phi) is 4.00. The fraction of sp³-hybridized carbons (Fsp3) is 1.00. The van der Waals surface area contributed by atoms with E-state index in [-0.39, 0.29) is 0 Å². The summed E-state index contributed by atoms with van der Waals surface area (Å²) in [5.74, 6) is 0. The molecule has 0 aromatic carbocycles.